The molecule has 2 aromatic rings. The Kier molecular flexibility index (Phi) is 4.52. The van der Waals surface area contributed by atoms with E-state index >= 15 is 0 Å². The number of ether oxygens (including phenoxy) is 1. The van der Waals surface area contributed by atoms with Crippen LogP contribution in [0.2, 0.25) is 0 Å². The van der Waals surface area contributed by atoms with Crippen molar-refractivity contribution in [2.75, 3.05) is 31.5 Å². The number of benzene rings is 2. The molecule has 0 aliphatic carbocycles. The van der Waals surface area contributed by atoms with Crippen LogP contribution >= 0.6 is 0 Å². The number of carbonyl (C=O) groups excluding carboxylic acids is 2. The number of nitrogens with one attached hydrogen (secondary N) is 1. The Hall–Kier alpha value is -2.91. The van der Waals surface area contributed by atoms with Crippen LogP contribution in [0.5, 0.6) is 5.75 Å². The highest BCUT2D eigenvalue weighted by Crippen LogP contribution is 2.30. The van der Waals surface area contributed by atoms with Gasteiger partial charge in [-0.2, -0.15) is 4.31 Å². The van der Waals surface area contributed by atoms with Crippen molar-refractivity contribution in [3.05, 3.63) is 53.6 Å². The molecule has 1 fully saturated rings. The van der Waals surface area contributed by atoms with E-state index in [4.69, 9.17) is 4.74 Å². The van der Waals surface area contributed by atoms with Gasteiger partial charge in [-0.15, -0.1) is 0 Å². The Morgan fingerprint density at radius 3 is 2.57 bits per heavy atom. The van der Waals surface area contributed by atoms with Crippen LogP contribution in [0.1, 0.15) is 11.1 Å². The number of carbonyl (C=O) groups is 2. The second-order valence-corrected chi connectivity index (χ2v) is 9.63. The van der Waals surface area contributed by atoms with Crippen molar-refractivity contribution in [2.45, 2.75) is 23.8 Å². The molecule has 156 valence electrons. The van der Waals surface area contributed by atoms with Crippen LogP contribution < -0.4 is 10.1 Å². The predicted octanol–water partition coefficient (Wildman–Crippen LogP) is 1.02. The van der Waals surface area contributed by atoms with Crippen LogP contribution in [-0.4, -0.2) is 61.7 Å². The number of anilines is 1. The lowest BCUT2D eigenvalue weighted by Gasteiger charge is -2.35. The first-order valence-corrected chi connectivity index (χ1v) is 11.3. The van der Waals surface area contributed by atoms with Crippen molar-refractivity contribution in [2.24, 2.45) is 0 Å². The van der Waals surface area contributed by atoms with Crippen LogP contribution in [0.3, 0.4) is 0 Å². The maximum Gasteiger partial charge on any atom is 0.264 e. The lowest BCUT2D eigenvalue weighted by atomic mass is 10.1. The molecule has 3 aliphatic heterocycles. The highest BCUT2D eigenvalue weighted by molar-refractivity contribution is 7.89. The Morgan fingerprint density at radius 1 is 1.03 bits per heavy atom. The number of fused-ring (bicyclic) bond motifs is 2. The van der Waals surface area contributed by atoms with Gasteiger partial charge in [-0.1, -0.05) is 18.2 Å². The number of piperazine rings is 1. The first-order chi connectivity index (χ1) is 14.4. The van der Waals surface area contributed by atoms with Crippen LogP contribution in [0.25, 0.3) is 0 Å². The summed E-state index contributed by atoms with van der Waals surface area (Å²) in [5.41, 5.74) is 2.36. The normalized spacial score (nSPS) is 21.0. The van der Waals surface area contributed by atoms with E-state index in [0.29, 0.717) is 30.8 Å². The maximum atomic E-state index is 13.0. The first kappa shape index (κ1) is 19.1. The van der Waals surface area contributed by atoms with Crippen molar-refractivity contribution in [1.82, 2.24) is 9.21 Å². The average Bonchev–Trinajstić information content (AvgIpc) is 3.35. The van der Waals surface area contributed by atoms with Gasteiger partial charge in [0.15, 0.2) is 6.10 Å². The summed E-state index contributed by atoms with van der Waals surface area (Å²) < 4.78 is 33.3. The van der Waals surface area contributed by atoms with Gasteiger partial charge in [-0.25, -0.2) is 8.42 Å². The highest BCUT2D eigenvalue weighted by atomic mass is 32.2. The molecule has 2 aromatic carbocycles. The van der Waals surface area contributed by atoms with Crippen molar-refractivity contribution in [3.8, 4) is 5.75 Å². The van der Waals surface area contributed by atoms with Crippen LogP contribution in [-0.2, 0) is 32.5 Å². The smallest absolute Gasteiger partial charge is 0.264 e. The van der Waals surface area contributed by atoms with E-state index < -0.39 is 16.1 Å². The summed E-state index contributed by atoms with van der Waals surface area (Å²) in [6, 6.07) is 12.3. The summed E-state index contributed by atoms with van der Waals surface area (Å²) >= 11 is 0. The van der Waals surface area contributed by atoms with E-state index in [9.17, 15) is 18.0 Å². The molecule has 0 spiro atoms. The lowest BCUT2D eigenvalue weighted by Crippen LogP contribution is -2.53. The minimum Gasteiger partial charge on any atom is -0.480 e. The van der Waals surface area contributed by atoms with E-state index in [1.807, 2.05) is 24.3 Å². The minimum atomic E-state index is -3.69. The largest absolute Gasteiger partial charge is 0.480 e. The molecule has 9 heteroatoms. The first-order valence-electron chi connectivity index (χ1n) is 9.88. The van der Waals surface area contributed by atoms with E-state index in [-0.39, 0.29) is 36.2 Å². The minimum absolute atomic E-state index is 0.106. The number of hydrogen-bond acceptors (Lipinski definition) is 5. The second kappa shape index (κ2) is 7.10. The van der Waals surface area contributed by atoms with Gasteiger partial charge in [-0.05, 0) is 35.4 Å². The third-order valence-electron chi connectivity index (χ3n) is 5.81. The van der Waals surface area contributed by atoms with Gasteiger partial charge in [0.2, 0.25) is 15.9 Å². The molecule has 3 aliphatic rings. The Labute approximate surface area is 174 Å². The SMILES string of the molecule is O=C1Cc2cc(S(=O)(=O)N3CCN(C(=O)[C@@H]4Cc5ccccc5O4)CC3)ccc2N1. The van der Waals surface area contributed by atoms with Gasteiger partial charge in [0, 0.05) is 38.3 Å². The molecular weight excluding hydrogens is 406 g/mol. The second-order valence-electron chi connectivity index (χ2n) is 7.69. The Morgan fingerprint density at radius 2 is 1.80 bits per heavy atom. The molecule has 30 heavy (non-hydrogen) atoms. The predicted molar refractivity (Wildman–Crippen MR) is 109 cm³/mol. The summed E-state index contributed by atoms with van der Waals surface area (Å²) in [5.74, 6) is 0.495. The van der Waals surface area contributed by atoms with E-state index in [1.54, 1.807) is 17.0 Å². The maximum absolute atomic E-state index is 13.0. The van der Waals surface area contributed by atoms with Gasteiger partial charge in [-0.3, -0.25) is 9.59 Å². The van der Waals surface area contributed by atoms with Gasteiger partial charge in [0.05, 0.1) is 11.3 Å². The van der Waals surface area contributed by atoms with Crippen molar-refractivity contribution < 1.29 is 22.7 Å². The molecule has 3 heterocycles. The number of amides is 2. The van der Waals surface area contributed by atoms with Crippen molar-refractivity contribution in [3.63, 3.8) is 0 Å². The summed E-state index contributed by atoms with van der Waals surface area (Å²) in [6.07, 6.45) is 0.174. The molecule has 0 saturated carbocycles. The fourth-order valence-electron chi connectivity index (χ4n) is 4.19. The van der Waals surface area contributed by atoms with Crippen LogP contribution in [0.4, 0.5) is 5.69 Å². The van der Waals surface area contributed by atoms with Gasteiger partial charge >= 0.3 is 0 Å². The number of para-hydroxylation sites is 1. The van der Waals surface area contributed by atoms with Crippen LogP contribution in [0, 0.1) is 0 Å². The van der Waals surface area contributed by atoms with Gasteiger partial charge in [0.25, 0.3) is 5.91 Å². The highest BCUT2D eigenvalue weighted by Gasteiger charge is 2.36. The summed E-state index contributed by atoms with van der Waals surface area (Å²) in [6.45, 7) is 1.09. The van der Waals surface area contributed by atoms with E-state index in [2.05, 4.69) is 5.32 Å². The number of hydrogen-bond donors (Lipinski definition) is 1. The van der Waals surface area contributed by atoms with Gasteiger partial charge < -0.3 is 15.0 Å². The summed E-state index contributed by atoms with van der Waals surface area (Å²) in [4.78, 5) is 26.2. The third-order valence-corrected chi connectivity index (χ3v) is 7.71. The van der Waals surface area contributed by atoms with E-state index in [1.165, 1.54) is 10.4 Å². The molecule has 0 unspecified atom stereocenters. The Bertz CT molecular complexity index is 1110. The zero-order chi connectivity index (χ0) is 20.9. The molecule has 1 atom stereocenters. The molecule has 0 bridgehead atoms. The summed E-state index contributed by atoms with van der Waals surface area (Å²) in [7, 11) is -3.69. The number of rotatable bonds is 3. The number of nitrogens with zero attached hydrogens (tertiary/aromatic N) is 2. The molecule has 0 aromatic heterocycles. The monoisotopic (exact) mass is 427 g/mol. The third kappa shape index (κ3) is 3.23. The molecule has 1 saturated heterocycles. The molecule has 1 N–H and O–H groups in total. The fourth-order valence-corrected chi connectivity index (χ4v) is 5.66. The van der Waals surface area contributed by atoms with Crippen molar-refractivity contribution >= 4 is 27.5 Å². The molecular formula is C21H21N3O5S. The van der Waals surface area contributed by atoms with Gasteiger partial charge in [0.1, 0.15) is 5.75 Å². The van der Waals surface area contributed by atoms with Crippen LogP contribution in [0.15, 0.2) is 47.4 Å². The molecule has 8 nitrogen and oxygen atoms in total. The zero-order valence-electron chi connectivity index (χ0n) is 16.2. The Balaban J connectivity index is 1.24. The summed E-state index contributed by atoms with van der Waals surface area (Å²) in [5, 5.41) is 2.70. The average molecular weight is 427 g/mol. The fraction of sp³-hybridized carbons (Fsp3) is 0.333. The number of sulfonamides is 1. The topological polar surface area (TPSA) is 96.0 Å². The molecule has 5 rings (SSSR count). The standard InChI is InChI=1S/C21H21N3O5S/c25-20-13-15-11-16(5-6-17(15)22-20)30(27,28)24-9-7-23(8-10-24)21(26)19-12-14-3-1-2-4-18(14)29-19/h1-6,11,19H,7-10,12-13H2,(H,22,25)/t19-/m0/s1. The molecule has 2 amide bonds. The lowest BCUT2D eigenvalue weighted by molar-refractivity contribution is -0.139. The van der Waals surface area contributed by atoms with Crippen molar-refractivity contribution in [1.29, 1.82) is 0 Å². The molecule has 0 radical (unpaired) electrons. The van der Waals surface area contributed by atoms with E-state index in [0.717, 1.165) is 11.3 Å². The zero-order valence-corrected chi connectivity index (χ0v) is 17.0. The quantitative estimate of drug-likeness (QED) is 0.789.